The summed E-state index contributed by atoms with van der Waals surface area (Å²) in [7, 11) is 0. The fourth-order valence-corrected chi connectivity index (χ4v) is 4.87. The average Bonchev–Trinajstić information content (AvgIpc) is 3.23. The van der Waals surface area contributed by atoms with E-state index in [1.165, 1.54) is 19.3 Å². The molecule has 0 atom stereocenters. The molecule has 3 amide bonds. The van der Waals surface area contributed by atoms with Crippen molar-refractivity contribution in [3.05, 3.63) is 41.4 Å². The summed E-state index contributed by atoms with van der Waals surface area (Å²) in [5.74, 6) is 0.0854. The minimum atomic E-state index is 0.0241. The third-order valence-electron chi connectivity index (χ3n) is 5.76. The van der Waals surface area contributed by atoms with Crippen molar-refractivity contribution < 1.29 is 9.59 Å². The van der Waals surface area contributed by atoms with Crippen LogP contribution in [0.1, 0.15) is 37.8 Å². The highest BCUT2D eigenvalue weighted by atomic mass is 32.1. The van der Waals surface area contributed by atoms with E-state index in [-0.39, 0.29) is 11.9 Å². The van der Waals surface area contributed by atoms with Crippen LogP contribution >= 0.6 is 11.3 Å². The number of carbonyl (C=O) groups is 2. The van der Waals surface area contributed by atoms with E-state index >= 15 is 0 Å². The van der Waals surface area contributed by atoms with Gasteiger partial charge in [-0.2, -0.15) is 0 Å². The van der Waals surface area contributed by atoms with Gasteiger partial charge in [-0.3, -0.25) is 4.79 Å². The zero-order chi connectivity index (χ0) is 20.1. The van der Waals surface area contributed by atoms with Crippen LogP contribution in [-0.2, 0) is 11.2 Å². The molecule has 0 unspecified atom stereocenters. The Morgan fingerprint density at radius 1 is 1.00 bits per heavy atom. The molecular formula is C22H28N4O2S. The van der Waals surface area contributed by atoms with Gasteiger partial charge in [0.25, 0.3) is 0 Å². The smallest absolute Gasteiger partial charge is 0.317 e. The van der Waals surface area contributed by atoms with Gasteiger partial charge in [0.1, 0.15) is 5.01 Å². The molecule has 1 aromatic heterocycles. The SMILES string of the molecule is O=C(Cc1csc(-c2ccccc2)n1)N1CCN(C(=O)NC2CCCCC2)CC1. The van der Waals surface area contributed by atoms with Crippen molar-refractivity contribution >= 4 is 23.3 Å². The van der Waals surface area contributed by atoms with Gasteiger partial charge in [0.05, 0.1) is 12.1 Å². The zero-order valence-electron chi connectivity index (χ0n) is 16.7. The maximum atomic E-state index is 12.7. The summed E-state index contributed by atoms with van der Waals surface area (Å²) in [6.45, 7) is 2.37. The summed E-state index contributed by atoms with van der Waals surface area (Å²) in [6.07, 6.45) is 6.17. The molecule has 1 saturated carbocycles. The molecule has 0 radical (unpaired) electrons. The Morgan fingerprint density at radius 3 is 2.41 bits per heavy atom. The summed E-state index contributed by atoms with van der Waals surface area (Å²) in [4.78, 5) is 33.5. The van der Waals surface area contributed by atoms with E-state index in [2.05, 4.69) is 10.3 Å². The van der Waals surface area contributed by atoms with Crippen LogP contribution in [0.25, 0.3) is 10.6 Å². The monoisotopic (exact) mass is 412 g/mol. The Labute approximate surface area is 175 Å². The first-order chi connectivity index (χ1) is 14.2. The van der Waals surface area contributed by atoms with Crippen LogP contribution in [0.4, 0.5) is 4.79 Å². The summed E-state index contributed by atoms with van der Waals surface area (Å²) in [6, 6.07) is 10.4. The van der Waals surface area contributed by atoms with Gasteiger partial charge in [0.15, 0.2) is 0 Å². The molecule has 2 fully saturated rings. The summed E-state index contributed by atoms with van der Waals surface area (Å²) < 4.78 is 0. The van der Waals surface area contributed by atoms with E-state index < -0.39 is 0 Å². The number of carbonyl (C=O) groups excluding carboxylic acids is 2. The topological polar surface area (TPSA) is 65.5 Å². The predicted molar refractivity (Wildman–Crippen MR) is 115 cm³/mol. The lowest BCUT2D eigenvalue weighted by Crippen LogP contribution is -2.55. The number of piperazine rings is 1. The highest BCUT2D eigenvalue weighted by Gasteiger charge is 2.26. The van der Waals surface area contributed by atoms with E-state index in [9.17, 15) is 9.59 Å². The maximum absolute atomic E-state index is 12.7. The summed E-state index contributed by atoms with van der Waals surface area (Å²) in [5.41, 5.74) is 1.89. The number of urea groups is 1. The second-order valence-corrected chi connectivity index (χ2v) is 8.70. The fourth-order valence-electron chi connectivity index (χ4n) is 4.04. The lowest BCUT2D eigenvalue weighted by Gasteiger charge is -2.36. The molecule has 0 bridgehead atoms. The van der Waals surface area contributed by atoms with Gasteiger partial charge in [-0.1, -0.05) is 49.6 Å². The van der Waals surface area contributed by atoms with Gasteiger partial charge >= 0.3 is 6.03 Å². The van der Waals surface area contributed by atoms with Crippen molar-refractivity contribution in [3.8, 4) is 10.6 Å². The molecule has 1 aliphatic carbocycles. The van der Waals surface area contributed by atoms with Crippen molar-refractivity contribution in [2.45, 2.75) is 44.6 Å². The molecular weight excluding hydrogens is 384 g/mol. The number of aromatic nitrogens is 1. The lowest BCUT2D eigenvalue weighted by molar-refractivity contribution is -0.131. The molecule has 2 aliphatic rings. The van der Waals surface area contributed by atoms with Crippen LogP contribution in [0.3, 0.4) is 0 Å². The number of hydrogen-bond acceptors (Lipinski definition) is 4. The molecule has 1 saturated heterocycles. The molecule has 4 rings (SSSR count). The van der Waals surface area contributed by atoms with E-state index in [4.69, 9.17) is 0 Å². The van der Waals surface area contributed by atoms with Crippen molar-refractivity contribution in [2.24, 2.45) is 0 Å². The Bertz CT molecular complexity index is 824. The number of nitrogens with zero attached hydrogens (tertiary/aromatic N) is 3. The number of benzene rings is 1. The van der Waals surface area contributed by atoms with Crippen LogP contribution in [0.2, 0.25) is 0 Å². The molecule has 6 nitrogen and oxygen atoms in total. The Morgan fingerprint density at radius 2 is 1.69 bits per heavy atom. The standard InChI is InChI=1S/C22H28N4O2S/c27-20(15-19-16-29-21(23-19)17-7-3-1-4-8-17)25-11-13-26(14-12-25)22(28)24-18-9-5-2-6-10-18/h1,3-4,7-8,16,18H,2,5-6,9-15H2,(H,24,28). The minimum absolute atomic E-state index is 0.0241. The molecule has 154 valence electrons. The molecule has 7 heteroatoms. The molecule has 2 heterocycles. The van der Waals surface area contributed by atoms with Gasteiger partial charge in [-0.05, 0) is 12.8 Å². The van der Waals surface area contributed by atoms with Gasteiger partial charge in [-0.15, -0.1) is 11.3 Å². The summed E-state index contributed by atoms with van der Waals surface area (Å²) >= 11 is 1.57. The van der Waals surface area contributed by atoms with E-state index in [0.29, 0.717) is 38.6 Å². The zero-order valence-corrected chi connectivity index (χ0v) is 17.5. The largest absolute Gasteiger partial charge is 0.339 e. The van der Waals surface area contributed by atoms with Crippen molar-refractivity contribution in [2.75, 3.05) is 26.2 Å². The highest BCUT2D eigenvalue weighted by Crippen LogP contribution is 2.24. The van der Waals surface area contributed by atoms with Gasteiger partial charge < -0.3 is 15.1 Å². The normalized spacial score (nSPS) is 17.9. The summed E-state index contributed by atoms with van der Waals surface area (Å²) in [5, 5.41) is 6.07. The molecule has 1 N–H and O–H groups in total. The Balaban J connectivity index is 1.25. The number of rotatable bonds is 4. The Hall–Kier alpha value is -2.41. The first kappa shape index (κ1) is 19.9. The van der Waals surface area contributed by atoms with Crippen LogP contribution in [0.5, 0.6) is 0 Å². The quantitative estimate of drug-likeness (QED) is 0.835. The molecule has 1 aromatic carbocycles. The van der Waals surface area contributed by atoms with E-state index in [1.807, 2.05) is 45.5 Å². The number of hydrogen-bond donors (Lipinski definition) is 1. The molecule has 2 aromatic rings. The third kappa shape index (κ3) is 5.15. The third-order valence-corrected chi connectivity index (χ3v) is 6.70. The van der Waals surface area contributed by atoms with Gasteiger partial charge in [0, 0.05) is 43.2 Å². The predicted octanol–water partition coefficient (Wildman–Crippen LogP) is 3.54. The first-order valence-corrected chi connectivity index (χ1v) is 11.4. The van der Waals surface area contributed by atoms with Crippen LogP contribution in [-0.4, -0.2) is 58.9 Å². The Kier molecular flexibility index (Phi) is 6.44. The van der Waals surface area contributed by atoms with Gasteiger partial charge in [-0.25, -0.2) is 9.78 Å². The molecule has 1 aliphatic heterocycles. The lowest BCUT2D eigenvalue weighted by atomic mass is 9.96. The fraction of sp³-hybridized carbons (Fsp3) is 0.500. The second-order valence-electron chi connectivity index (χ2n) is 7.84. The van der Waals surface area contributed by atoms with Crippen molar-refractivity contribution in [1.82, 2.24) is 20.1 Å². The van der Waals surface area contributed by atoms with Crippen molar-refractivity contribution in [3.63, 3.8) is 0 Å². The van der Waals surface area contributed by atoms with Crippen LogP contribution < -0.4 is 5.32 Å². The number of nitrogens with one attached hydrogen (secondary N) is 1. The minimum Gasteiger partial charge on any atom is -0.339 e. The van der Waals surface area contributed by atoms with Crippen molar-refractivity contribution in [1.29, 1.82) is 0 Å². The molecule has 29 heavy (non-hydrogen) atoms. The van der Waals surface area contributed by atoms with E-state index in [0.717, 1.165) is 29.1 Å². The van der Waals surface area contributed by atoms with Crippen LogP contribution in [0.15, 0.2) is 35.7 Å². The maximum Gasteiger partial charge on any atom is 0.317 e. The van der Waals surface area contributed by atoms with Crippen LogP contribution in [0, 0.1) is 0 Å². The molecule has 0 spiro atoms. The highest BCUT2D eigenvalue weighted by molar-refractivity contribution is 7.13. The second kappa shape index (κ2) is 9.39. The first-order valence-electron chi connectivity index (χ1n) is 10.5. The number of amides is 3. The van der Waals surface area contributed by atoms with E-state index in [1.54, 1.807) is 11.3 Å². The number of thiazole rings is 1. The average molecular weight is 413 g/mol. The van der Waals surface area contributed by atoms with Gasteiger partial charge in [0.2, 0.25) is 5.91 Å².